The highest BCUT2D eigenvalue weighted by atomic mass is 19.4. The minimum absolute atomic E-state index is 0.0835. The molecule has 1 aromatic rings. The maximum absolute atomic E-state index is 13.7. The van der Waals surface area contributed by atoms with Gasteiger partial charge >= 0.3 is 6.18 Å². The quantitative estimate of drug-likeness (QED) is 0.631. The van der Waals surface area contributed by atoms with Gasteiger partial charge in [0.25, 0.3) is 0 Å². The van der Waals surface area contributed by atoms with Crippen molar-refractivity contribution in [2.24, 2.45) is 0 Å². The molecule has 1 aromatic carbocycles. The molecular formula is C13H17F4NO. The molecule has 0 saturated carbocycles. The van der Waals surface area contributed by atoms with Gasteiger partial charge in [-0.15, -0.1) is 0 Å². The number of hydrogen-bond acceptors (Lipinski definition) is 2. The lowest BCUT2D eigenvalue weighted by atomic mass is 10.1. The highest BCUT2D eigenvalue weighted by Gasteiger charge is 2.26. The molecule has 0 heterocycles. The Morgan fingerprint density at radius 2 is 2.00 bits per heavy atom. The molecule has 0 saturated heterocycles. The molecule has 0 radical (unpaired) electrons. The van der Waals surface area contributed by atoms with Crippen molar-refractivity contribution in [3.05, 3.63) is 29.6 Å². The maximum Gasteiger partial charge on any atom is 0.389 e. The van der Waals surface area contributed by atoms with Gasteiger partial charge in [-0.3, -0.25) is 0 Å². The summed E-state index contributed by atoms with van der Waals surface area (Å²) in [6, 6.07) is 4.17. The van der Waals surface area contributed by atoms with E-state index in [0.29, 0.717) is 5.56 Å². The summed E-state index contributed by atoms with van der Waals surface area (Å²) < 4.78 is 54.5. The predicted molar refractivity (Wildman–Crippen MR) is 64.7 cm³/mol. The second kappa shape index (κ2) is 6.75. The highest BCUT2D eigenvalue weighted by Crippen LogP contribution is 2.23. The zero-order chi connectivity index (χ0) is 14.5. The van der Waals surface area contributed by atoms with Crippen molar-refractivity contribution in [1.82, 2.24) is 5.32 Å². The van der Waals surface area contributed by atoms with Crippen LogP contribution in [-0.2, 0) is 0 Å². The third kappa shape index (κ3) is 5.46. The van der Waals surface area contributed by atoms with Gasteiger partial charge in [0, 0.05) is 24.1 Å². The van der Waals surface area contributed by atoms with Gasteiger partial charge in [-0.25, -0.2) is 4.39 Å². The topological polar surface area (TPSA) is 21.3 Å². The van der Waals surface area contributed by atoms with Crippen LogP contribution in [0.25, 0.3) is 0 Å². The largest absolute Gasteiger partial charge is 0.493 e. The molecule has 0 aliphatic rings. The normalized spacial score (nSPS) is 13.4. The van der Waals surface area contributed by atoms with Gasteiger partial charge in [-0.1, -0.05) is 6.07 Å². The van der Waals surface area contributed by atoms with E-state index in [1.807, 2.05) is 6.92 Å². The summed E-state index contributed by atoms with van der Waals surface area (Å²) in [6.07, 6.45) is -5.22. The lowest BCUT2D eigenvalue weighted by molar-refractivity contribution is -0.136. The van der Waals surface area contributed by atoms with Crippen LogP contribution in [0.2, 0.25) is 0 Å². The molecule has 0 aromatic heterocycles. The standard InChI is InChI=1S/C13H17F4NO/c1-9(18-2)11-5-4-10(8-12(11)14)19-7-3-6-13(15,16)17/h4-5,8-9,18H,3,6-7H2,1-2H3. The smallest absolute Gasteiger partial charge is 0.389 e. The minimum Gasteiger partial charge on any atom is -0.493 e. The zero-order valence-electron chi connectivity index (χ0n) is 10.9. The summed E-state index contributed by atoms with van der Waals surface area (Å²) >= 11 is 0. The monoisotopic (exact) mass is 279 g/mol. The number of alkyl halides is 3. The van der Waals surface area contributed by atoms with Crippen molar-refractivity contribution < 1.29 is 22.3 Å². The summed E-state index contributed by atoms with van der Waals surface area (Å²) in [5.41, 5.74) is 0.491. The van der Waals surface area contributed by atoms with Crippen LogP contribution in [-0.4, -0.2) is 19.8 Å². The molecule has 0 bridgehead atoms. The Hall–Kier alpha value is -1.30. The van der Waals surface area contributed by atoms with Crippen LogP contribution in [0, 0.1) is 5.82 Å². The van der Waals surface area contributed by atoms with Crippen molar-refractivity contribution in [2.75, 3.05) is 13.7 Å². The fourth-order valence-electron chi connectivity index (χ4n) is 1.57. The third-order valence-corrected chi connectivity index (χ3v) is 2.74. The molecule has 1 rings (SSSR count). The average Bonchev–Trinajstić information content (AvgIpc) is 2.33. The number of halogens is 4. The highest BCUT2D eigenvalue weighted by molar-refractivity contribution is 5.30. The van der Waals surface area contributed by atoms with Crippen LogP contribution in [0.15, 0.2) is 18.2 Å². The van der Waals surface area contributed by atoms with E-state index in [1.165, 1.54) is 6.07 Å². The van der Waals surface area contributed by atoms with E-state index in [1.54, 1.807) is 19.2 Å². The number of ether oxygens (including phenoxy) is 1. The van der Waals surface area contributed by atoms with E-state index in [0.717, 1.165) is 0 Å². The first-order chi connectivity index (χ1) is 8.83. The van der Waals surface area contributed by atoms with Crippen molar-refractivity contribution in [1.29, 1.82) is 0 Å². The van der Waals surface area contributed by atoms with Crippen LogP contribution >= 0.6 is 0 Å². The van der Waals surface area contributed by atoms with E-state index in [2.05, 4.69) is 5.32 Å². The molecule has 6 heteroatoms. The fraction of sp³-hybridized carbons (Fsp3) is 0.538. The van der Waals surface area contributed by atoms with Crippen LogP contribution < -0.4 is 10.1 Å². The third-order valence-electron chi connectivity index (χ3n) is 2.74. The minimum atomic E-state index is -4.18. The first-order valence-corrected chi connectivity index (χ1v) is 6.00. The van der Waals surface area contributed by atoms with Crippen molar-refractivity contribution >= 4 is 0 Å². The maximum atomic E-state index is 13.7. The lowest BCUT2D eigenvalue weighted by Crippen LogP contribution is -2.14. The van der Waals surface area contributed by atoms with E-state index in [4.69, 9.17) is 4.74 Å². The number of nitrogens with one attached hydrogen (secondary N) is 1. The van der Waals surface area contributed by atoms with E-state index in [9.17, 15) is 17.6 Å². The first kappa shape index (κ1) is 15.8. The van der Waals surface area contributed by atoms with Crippen molar-refractivity contribution in [3.63, 3.8) is 0 Å². The van der Waals surface area contributed by atoms with Gasteiger partial charge in [-0.2, -0.15) is 13.2 Å². The fourth-order valence-corrected chi connectivity index (χ4v) is 1.57. The van der Waals surface area contributed by atoms with Crippen molar-refractivity contribution in [3.8, 4) is 5.75 Å². The molecule has 0 spiro atoms. The molecular weight excluding hydrogens is 262 g/mol. The second-order valence-electron chi connectivity index (χ2n) is 4.26. The van der Waals surface area contributed by atoms with Gasteiger partial charge in [0.2, 0.25) is 0 Å². The van der Waals surface area contributed by atoms with E-state index in [-0.39, 0.29) is 24.8 Å². The lowest BCUT2D eigenvalue weighted by Gasteiger charge is -2.13. The molecule has 0 aliphatic heterocycles. The summed E-state index contributed by atoms with van der Waals surface area (Å²) in [5, 5.41) is 2.90. The molecule has 2 nitrogen and oxygen atoms in total. The van der Waals surface area contributed by atoms with Crippen LogP contribution in [0.3, 0.4) is 0 Å². The summed E-state index contributed by atoms with van der Waals surface area (Å²) in [7, 11) is 1.71. The van der Waals surface area contributed by atoms with Gasteiger partial charge < -0.3 is 10.1 Å². The van der Waals surface area contributed by atoms with Gasteiger partial charge in [0.05, 0.1) is 6.61 Å². The van der Waals surface area contributed by atoms with Crippen LogP contribution in [0.1, 0.15) is 31.4 Å². The Morgan fingerprint density at radius 3 is 2.53 bits per heavy atom. The molecule has 0 aliphatic carbocycles. The summed E-state index contributed by atoms with van der Waals surface area (Å²) in [4.78, 5) is 0. The SMILES string of the molecule is CNC(C)c1ccc(OCCCC(F)(F)F)cc1F. The molecule has 1 atom stereocenters. The Bertz CT molecular complexity index is 406. The Morgan fingerprint density at radius 1 is 1.32 bits per heavy atom. The number of rotatable bonds is 6. The first-order valence-electron chi connectivity index (χ1n) is 6.00. The Kier molecular flexibility index (Phi) is 5.60. The van der Waals surface area contributed by atoms with Crippen LogP contribution in [0.4, 0.5) is 17.6 Å². The van der Waals surface area contributed by atoms with Gasteiger partial charge in [0.15, 0.2) is 0 Å². The number of hydrogen-bond donors (Lipinski definition) is 1. The van der Waals surface area contributed by atoms with E-state index >= 15 is 0 Å². The zero-order valence-corrected chi connectivity index (χ0v) is 10.9. The Labute approximate surface area is 109 Å². The average molecular weight is 279 g/mol. The molecule has 1 N–H and O–H groups in total. The van der Waals surface area contributed by atoms with Gasteiger partial charge in [-0.05, 0) is 26.5 Å². The molecule has 1 unspecified atom stereocenters. The summed E-state index contributed by atoms with van der Waals surface area (Å²) in [5.74, 6) is -0.193. The summed E-state index contributed by atoms with van der Waals surface area (Å²) in [6.45, 7) is 1.72. The van der Waals surface area contributed by atoms with Gasteiger partial charge in [0.1, 0.15) is 11.6 Å². The molecule has 0 fully saturated rings. The number of benzene rings is 1. The second-order valence-corrected chi connectivity index (χ2v) is 4.26. The van der Waals surface area contributed by atoms with E-state index < -0.39 is 18.4 Å². The Balaban J connectivity index is 2.50. The van der Waals surface area contributed by atoms with Crippen molar-refractivity contribution in [2.45, 2.75) is 32.0 Å². The molecule has 19 heavy (non-hydrogen) atoms. The van der Waals surface area contributed by atoms with Crippen LogP contribution in [0.5, 0.6) is 5.75 Å². The molecule has 0 amide bonds. The molecule has 108 valence electrons. The predicted octanol–water partition coefficient (Wildman–Crippen LogP) is 3.83.